The number of hydrogen-bond donors (Lipinski definition) is 3. The van der Waals surface area contributed by atoms with E-state index in [0.717, 1.165) is 11.6 Å². The first kappa shape index (κ1) is 21.4. The molecule has 0 bridgehead atoms. The van der Waals surface area contributed by atoms with Gasteiger partial charge in [0.2, 0.25) is 0 Å². The normalized spacial score (nSPS) is 10.3. The molecule has 0 aliphatic heterocycles. The van der Waals surface area contributed by atoms with E-state index in [-0.39, 0.29) is 16.8 Å². The second-order valence-corrected chi connectivity index (χ2v) is 6.58. The Morgan fingerprint density at radius 1 is 1.00 bits per heavy atom. The van der Waals surface area contributed by atoms with Crippen LogP contribution in [0.5, 0.6) is 0 Å². The minimum absolute atomic E-state index is 0.146. The fourth-order valence-electron chi connectivity index (χ4n) is 2.91. The van der Waals surface area contributed by atoms with Crippen LogP contribution in [0.4, 0.5) is 21.5 Å². The Balaban J connectivity index is 1.74. The van der Waals surface area contributed by atoms with Crippen molar-refractivity contribution >= 4 is 28.9 Å². The Bertz CT molecular complexity index is 1150. The largest absolute Gasteiger partial charge is 0.380 e. The van der Waals surface area contributed by atoms with Gasteiger partial charge in [0.25, 0.3) is 17.5 Å². The molecule has 0 aromatic heterocycles. The summed E-state index contributed by atoms with van der Waals surface area (Å²) in [4.78, 5) is 34.8. The zero-order chi connectivity index (χ0) is 22.4. The van der Waals surface area contributed by atoms with E-state index in [0.29, 0.717) is 17.9 Å². The van der Waals surface area contributed by atoms with Crippen LogP contribution in [0.2, 0.25) is 0 Å². The topological polar surface area (TPSA) is 113 Å². The van der Waals surface area contributed by atoms with Gasteiger partial charge in [0.15, 0.2) is 0 Å². The number of amides is 2. The molecule has 9 heteroatoms. The zero-order valence-corrected chi connectivity index (χ0v) is 16.5. The van der Waals surface area contributed by atoms with Crippen LogP contribution in [0.15, 0.2) is 66.7 Å². The van der Waals surface area contributed by atoms with E-state index in [1.54, 1.807) is 18.2 Å². The smallest absolute Gasteiger partial charge is 0.270 e. The zero-order valence-electron chi connectivity index (χ0n) is 16.5. The van der Waals surface area contributed by atoms with Crippen molar-refractivity contribution < 1.29 is 18.9 Å². The van der Waals surface area contributed by atoms with Gasteiger partial charge in [-0.3, -0.25) is 19.7 Å². The number of anilines is 2. The van der Waals surface area contributed by atoms with Gasteiger partial charge < -0.3 is 16.0 Å². The van der Waals surface area contributed by atoms with Gasteiger partial charge in [0.05, 0.1) is 10.5 Å². The maximum Gasteiger partial charge on any atom is 0.270 e. The van der Waals surface area contributed by atoms with Gasteiger partial charge in [-0.15, -0.1) is 0 Å². The Morgan fingerprint density at radius 3 is 2.48 bits per heavy atom. The molecule has 0 saturated carbocycles. The van der Waals surface area contributed by atoms with Crippen molar-refractivity contribution in [3.63, 3.8) is 0 Å². The molecule has 0 aliphatic rings. The lowest BCUT2D eigenvalue weighted by atomic mass is 10.1. The number of nitrogens with zero attached hydrogens (tertiary/aromatic N) is 1. The average molecular weight is 422 g/mol. The monoisotopic (exact) mass is 422 g/mol. The Labute approximate surface area is 177 Å². The first-order chi connectivity index (χ1) is 14.9. The summed E-state index contributed by atoms with van der Waals surface area (Å²) in [7, 11) is 1.44. The molecule has 0 spiro atoms. The fourth-order valence-corrected chi connectivity index (χ4v) is 2.91. The van der Waals surface area contributed by atoms with Crippen molar-refractivity contribution in [2.75, 3.05) is 17.7 Å². The number of nitro groups is 1. The molecule has 0 atom stereocenters. The minimum atomic E-state index is -0.568. The summed E-state index contributed by atoms with van der Waals surface area (Å²) in [6.45, 7) is 0.297. The molecule has 31 heavy (non-hydrogen) atoms. The maximum absolute atomic E-state index is 13.3. The molecule has 0 aliphatic carbocycles. The molecule has 8 nitrogen and oxygen atoms in total. The maximum atomic E-state index is 13.3. The number of benzene rings is 3. The lowest BCUT2D eigenvalue weighted by molar-refractivity contribution is -0.384. The molecule has 0 fully saturated rings. The summed E-state index contributed by atoms with van der Waals surface area (Å²) in [5.41, 5.74) is 1.89. The Kier molecular flexibility index (Phi) is 6.56. The summed E-state index contributed by atoms with van der Waals surface area (Å²) >= 11 is 0. The molecule has 3 aromatic rings. The average Bonchev–Trinajstić information content (AvgIpc) is 2.77. The minimum Gasteiger partial charge on any atom is -0.380 e. The number of hydrogen-bond acceptors (Lipinski definition) is 5. The molecule has 3 aromatic carbocycles. The first-order valence-electron chi connectivity index (χ1n) is 9.27. The van der Waals surface area contributed by atoms with E-state index in [1.807, 2.05) is 6.07 Å². The van der Waals surface area contributed by atoms with E-state index >= 15 is 0 Å². The standard InChI is InChI=1S/C22H19FN4O4/c1-24-22(29)19-12-18(27(30)31)8-9-20(19)25-13-14-4-2-7-17(10-14)26-21(28)15-5-3-6-16(23)11-15/h2-12,25H,13H2,1H3,(H,24,29)(H,26,28). The number of nitrogens with one attached hydrogen (secondary N) is 3. The predicted octanol–water partition coefficient (Wildman–Crippen LogP) is 3.96. The van der Waals surface area contributed by atoms with E-state index in [1.165, 1.54) is 43.4 Å². The molecule has 0 radical (unpaired) electrons. The molecule has 2 amide bonds. The van der Waals surface area contributed by atoms with Crippen molar-refractivity contribution in [1.82, 2.24) is 5.32 Å². The summed E-state index contributed by atoms with van der Waals surface area (Å²) < 4.78 is 13.3. The van der Waals surface area contributed by atoms with Crippen LogP contribution >= 0.6 is 0 Å². The molecule has 0 saturated heterocycles. The van der Waals surface area contributed by atoms with Gasteiger partial charge in [0.1, 0.15) is 5.82 Å². The fraction of sp³-hybridized carbons (Fsp3) is 0.0909. The molecular weight excluding hydrogens is 403 g/mol. The quantitative estimate of drug-likeness (QED) is 0.394. The second kappa shape index (κ2) is 9.49. The van der Waals surface area contributed by atoms with Crippen molar-refractivity contribution in [3.8, 4) is 0 Å². The van der Waals surface area contributed by atoms with Crippen LogP contribution < -0.4 is 16.0 Å². The van der Waals surface area contributed by atoms with Gasteiger partial charge >= 0.3 is 0 Å². The van der Waals surface area contributed by atoms with Gasteiger partial charge in [-0.25, -0.2) is 4.39 Å². The second-order valence-electron chi connectivity index (χ2n) is 6.58. The molecule has 0 unspecified atom stereocenters. The van der Waals surface area contributed by atoms with Gasteiger partial charge in [0, 0.05) is 42.7 Å². The van der Waals surface area contributed by atoms with Crippen molar-refractivity contribution in [2.24, 2.45) is 0 Å². The summed E-state index contributed by atoms with van der Waals surface area (Å²) in [5.74, 6) is -1.40. The number of rotatable bonds is 7. The third-order valence-corrected chi connectivity index (χ3v) is 4.44. The molecule has 3 rings (SSSR count). The summed E-state index contributed by atoms with van der Waals surface area (Å²) in [6.07, 6.45) is 0. The number of non-ortho nitro benzene ring substituents is 1. The van der Waals surface area contributed by atoms with E-state index in [4.69, 9.17) is 0 Å². The number of carbonyl (C=O) groups is 2. The van der Waals surface area contributed by atoms with Crippen LogP contribution in [-0.2, 0) is 6.54 Å². The number of nitro benzene ring substituents is 1. The molecular formula is C22H19FN4O4. The lowest BCUT2D eigenvalue weighted by Gasteiger charge is -2.12. The lowest BCUT2D eigenvalue weighted by Crippen LogP contribution is -2.20. The molecule has 3 N–H and O–H groups in total. The van der Waals surface area contributed by atoms with Crippen LogP contribution in [0.1, 0.15) is 26.3 Å². The Morgan fingerprint density at radius 2 is 1.77 bits per heavy atom. The predicted molar refractivity (Wildman–Crippen MR) is 115 cm³/mol. The van der Waals surface area contributed by atoms with E-state index in [9.17, 15) is 24.1 Å². The molecule has 0 heterocycles. The van der Waals surface area contributed by atoms with E-state index < -0.39 is 22.6 Å². The van der Waals surface area contributed by atoms with Crippen molar-refractivity contribution in [1.29, 1.82) is 0 Å². The third-order valence-electron chi connectivity index (χ3n) is 4.44. The van der Waals surface area contributed by atoms with E-state index in [2.05, 4.69) is 16.0 Å². The van der Waals surface area contributed by atoms with Gasteiger partial charge in [-0.05, 0) is 42.0 Å². The highest BCUT2D eigenvalue weighted by Gasteiger charge is 2.16. The first-order valence-corrected chi connectivity index (χ1v) is 9.27. The highest BCUT2D eigenvalue weighted by molar-refractivity contribution is 6.04. The van der Waals surface area contributed by atoms with Gasteiger partial charge in [-0.1, -0.05) is 18.2 Å². The van der Waals surface area contributed by atoms with Gasteiger partial charge in [-0.2, -0.15) is 0 Å². The van der Waals surface area contributed by atoms with Crippen LogP contribution in [-0.4, -0.2) is 23.8 Å². The van der Waals surface area contributed by atoms with Crippen molar-refractivity contribution in [3.05, 3.63) is 99.4 Å². The summed E-state index contributed by atoms with van der Waals surface area (Å²) in [5, 5.41) is 19.3. The summed E-state index contributed by atoms with van der Waals surface area (Å²) in [6, 6.07) is 16.3. The number of carbonyl (C=O) groups excluding carboxylic acids is 2. The highest BCUT2D eigenvalue weighted by atomic mass is 19.1. The SMILES string of the molecule is CNC(=O)c1cc([N+](=O)[O-])ccc1NCc1cccc(NC(=O)c2cccc(F)c2)c1. The number of halogens is 1. The van der Waals surface area contributed by atoms with Crippen molar-refractivity contribution in [2.45, 2.75) is 6.54 Å². The molecule has 158 valence electrons. The Hall–Kier alpha value is -4.27. The highest BCUT2D eigenvalue weighted by Crippen LogP contribution is 2.23. The van der Waals surface area contributed by atoms with Crippen LogP contribution in [0.3, 0.4) is 0 Å². The third kappa shape index (κ3) is 5.41. The van der Waals surface area contributed by atoms with Crippen LogP contribution in [0.25, 0.3) is 0 Å². The van der Waals surface area contributed by atoms with Crippen LogP contribution in [0, 0.1) is 15.9 Å².